The Labute approximate surface area is 31.2 Å². The molecule has 0 saturated heterocycles. The van der Waals surface area contributed by atoms with Crippen molar-refractivity contribution in [1.29, 1.82) is 0 Å². The third-order valence-corrected chi connectivity index (χ3v) is 0.214. The fourth-order valence-corrected chi connectivity index (χ4v) is 0. The molecule has 2 N–H and O–H groups in total. The molecule has 0 radical (unpaired) electrons. The van der Waals surface area contributed by atoms with Crippen LogP contribution in [0.3, 0.4) is 0 Å². The highest BCUT2D eigenvalue weighted by Crippen LogP contribution is 1.49. The summed E-state index contributed by atoms with van der Waals surface area (Å²) in [6.07, 6.45) is 0. The van der Waals surface area contributed by atoms with Crippen LogP contribution in [0.1, 0.15) is 0 Å². The predicted octanol–water partition coefficient (Wildman–Crippen LogP) is -0.789. The maximum atomic E-state index is 9.06. The van der Waals surface area contributed by atoms with Crippen molar-refractivity contribution in [3.05, 3.63) is 5.21 Å². The molecule has 5 heteroatoms. The molecule has 1 atom stereocenters. The zero-order valence-corrected chi connectivity index (χ0v) is 2.99. The molecule has 0 fully saturated rings. The Morgan fingerprint density at radius 2 is 2.20 bits per heavy atom. The third-order valence-electron chi connectivity index (χ3n) is 0.0713. The summed E-state index contributed by atoms with van der Waals surface area (Å²) in [4.78, 5) is 0.806. The molecular weight excluding hydrogens is 94.1 g/mol. The lowest BCUT2D eigenvalue weighted by Gasteiger charge is -1.94. The maximum absolute atomic E-state index is 9.06. The lowest BCUT2D eigenvalue weighted by molar-refractivity contribution is 0.558. The average Bonchev–Trinajstić information content (AvgIpc) is 1.38. The van der Waals surface area contributed by atoms with Crippen molar-refractivity contribution < 1.29 is 8.76 Å². The van der Waals surface area contributed by atoms with Crippen LogP contribution in [0, 0.1) is 5.21 Å². The van der Waals surface area contributed by atoms with Crippen LogP contribution in [0.15, 0.2) is 0 Å². The van der Waals surface area contributed by atoms with E-state index in [1.165, 1.54) is 0 Å². The lowest BCUT2D eigenvalue weighted by Crippen LogP contribution is -2.04. The summed E-state index contributed by atoms with van der Waals surface area (Å²) in [5, 5.41) is 8.83. The van der Waals surface area contributed by atoms with Crippen molar-refractivity contribution in [3.63, 3.8) is 0 Å². The second-order valence-corrected chi connectivity index (χ2v) is 0.997. The van der Waals surface area contributed by atoms with Crippen LogP contribution >= 0.6 is 0 Å². The molecular formula is H2NO3S-. The van der Waals surface area contributed by atoms with Gasteiger partial charge >= 0.3 is 0 Å². The zero-order chi connectivity index (χ0) is 4.28. The van der Waals surface area contributed by atoms with Gasteiger partial charge in [0.05, 0.1) is 0 Å². The van der Waals surface area contributed by atoms with Crippen molar-refractivity contribution in [2.24, 2.45) is 0 Å². The lowest BCUT2D eigenvalue weighted by atomic mass is 13.5. The quantitative estimate of drug-likeness (QED) is 0.332. The minimum absolute atomic E-state index is 0.806. The van der Waals surface area contributed by atoms with E-state index in [1.54, 1.807) is 0 Å². The van der Waals surface area contributed by atoms with Gasteiger partial charge in [-0.3, -0.25) is 9.44 Å². The normalized spacial score (nSPS) is 14.8. The van der Waals surface area contributed by atoms with Crippen molar-refractivity contribution in [2.45, 2.75) is 0 Å². The van der Waals surface area contributed by atoms with E-state index in [4.69, 9.17) is 14.0 Å². The molecule has 0 aliphatic rings. The minimum Gasteiger partial charge on any atom is -0.775 e. The Morgan fingerprint density at radius 3 is 2.20 bits per heavy atom. The van der Waals surface area contributed by atoms with Crippen LogP contribution < -0.4 is 4.89 Å². The standard InChI is InChI=1S/H2NO3S/c2-1-5(3)4/h1H,(H,3,4)/q-1. The Morgan fingerprint density at radius 1 is 2.00 bits per heavy atom. The molecule has 0 aromatic heterocycles. The fourth-order valence-electron chi connectivity index (χ4n) is 0. The first-order chi connectivity index (χ1) is 2.27. The van der Waals surface area contributed by atoms with Gasteiger partial charge in [-0.1, -0.05) is 0 Å². The minimum atomic E-state index is -2.38. The Hall–Kier alpha value is 0.0300. The first-order valence-electron chi connectivity index (χ1n) is 0.757. The van der Waals surface area contributed by atoms with Gasteiger partial charge < -0.3 is 5.21 Å². The van der Waals surface area contributed by atoms with Crippen LogP contribution in [-0.2, 0) is 11.3 Å². The second-order valence-electron chi connectivity index (χ2n) is 0.332. The fraction of sp³-hybridized carbons (Fsp3) is 0. The molecule has 0 aliphatic carbocycles. The van der Waals surface area contributed by atoms with E-state index in [1.807, 2.05) is 0 Å². The maximum Gasteiger partial charge on any atom is 0.219 e. The third kappa shape index (κ3) is 4.03. The summed E-state index contributed by atoms with van der Waals surface area (Å²) in [6, 6.07) is 0. The number of hydrogen-bond donors (Lipinski definition) is 2. The van der Waals surface area contributed by atoms with Crippen LogP contribution in [0.25, 0.3) is 0 Å². The Balaban J connectivity index is 2.85. The highest BCUT2D eigenvalue weighted by molar-refractivity contribution is 7.77. The smallest absolute Gasteiger partial charge is 0.219 e. The van der Waals surface area contributed by atoms with Crippen LogP contribution in [-0.4, -0.2) is 8.76 Å². The first-order valence-corrected chi connectivity index (χ1v) is 1.86. The first kappa shape index (κ1) is 5.03. The van der Waals surface area contributed by atoms with Gasteiger partial charge in [0.25, 0.3) is 0 Å². The SMILES string of the molecule is O=S(O)N[O-]. The monoisotopic (exact) mass is 96.0 g/mol. The molecule has 0 amide bonds. The molecule has 0 bridgehead atoms. The van der Waals surface area contributed by atoms with E-state index in [0.29, 0.717) is 0 Å². The molecule has 5 heavy (non-hydrogen) atoms. The molecule has 1 unspecified atom stereocenters. The molecule has 0 heterocycles. The van der Waals surface area contributed by atoms with Gasteiger partial charge in [-0.25, -0.2) is 4.21 Å². The number of rotatable bonds is 1. The Kier molecular flexibility index (Phi) is 2.29. The molecule has 0 aromatic rings. The van der Waals surface area contributed by atoms with Gasteiger partial charge in [-0.15, -0.1) is 0 Å². The van der Waals surface area contributed by atoms with Crippen molar-refractivity contribution >= 4 is 11.3 Å². The van der Waals surface area contributed by atoms with Gasteiger partial charge in [0.15, 0.2) is 0 Å². The van der Waals surface area contributed by atoms with Crippen molar-refractivity contribution in [2.75, 3.05) is 0 Å². The van der Waals surface area contributed by atoms with Crippen LogP contribution in [0.2, 0.25) is 0 Å². The molecule has 0 spiro atoms. The number of hydrogen-bond acceptors (Lipinski definition) is 2. The van der Waals surface area contributed by atoms with E-state index in [0.717, 1.165) is 4.89 Å². The van der Waals surface area contributed by atoms with E-state index < -0.39 is 11.3 Å². The summed E-state index contributed by atoms with van der Waals surface area (Å²) in [5.41, 5.74) is 0. The Bertz CT molecular complexity index is 42.2. The predicted molar refractivity (Wildman–Crippen MR) is 17.3 cm³/mol. The largest absolute Gasteiger partial charge is 0.775 e. The summed E-state index contributed by atoms with van der Waals surface area (Å²) >= 11 is -2.38. The summed E-state index contributed by atoms with van der Waals surface area (Å²) in [7, 11) is 0. The van der Waals surface area contributed by atoms with Gasteiger partial charge in [0.2, 0.25) is 11.3 Å². The highest BCUT2D eigenvalue weighted by atomic mass is 32.2. The van der Waals surface area contributed by atoms with Crippen molar-refractivity contribution in [1.82, 2.24) is 4.89 Å². The molecule has 0 aliphatic heterocycles. The highest BCUT2D eigenvalue weighted by Gasteiger charge is 1.65. The topological polar surface area (TPSA) is 72.4 Å². The van der Waals surface area contributed by atoms with Gasteiger partial charge in [-0.2, -0.15) is 0 Å². The number of nitrogens with one attached hydrogen (secondary N) is 1. The summed E-state index contributed by atoms with van der Waals surface area (Å²) < 4.78 is 16.5. The van der Waals surface area contributed by atoms with Crippen LogP contribution in [0.4, 0.5) is 0 Å². The van der Waals surface area contributed by atoms with E-state index in [9.17, 15) is 0 Å². The summed E-state index contributed by atoms with van der Waals surface area (Å²) in [6.45, 7) is 0. The van der Waals surface area contributed by atoms with E-state index in [-0.39, 0.29) is 0 Å². The molecule has 0 aromatic carbocycles. The average molecular weight is 96.1 g/mol. The van der Waals surface area contributed by atoms with Gasteiger partial charge in [-0.05, 0) is 0 Å². The zero-order valence-electron chi connectivity index (χ0n) is 2.17. The van der Waals surface area contributed by atoms with Gasteiger partial charge in [0.1, 0.15) is 0 Å². The van der Waals surface area contributed by atoms with Crippen molar-refractivity contribution in [3.8, 4) is 0 Å². The second kappa shape index (κ2) is 2.28. The molecule has 0 rings (SSSR count). The van der Waals surface area contributed by atoms with E-state index >= 15 is 0 Å². The molecule has 0 saturated carbocycles. The van der Waals surface area contributed by atoms with Crippen LogP contribution in [0.5, 0.6) is 0 Å². The summed E-state index contributed by atoms with van der Waals surface area (Å²) in [5.74, 6) is 0. The van der Waals surface area contributed by atoms with E-state index in [2.05, 4.69) is 0 Å². The molecule has 4 nitrogen and oxygen atoms in total. The van der Waals surface area contributed by atoms with Gasteiger partial charge in [0, 0.05) is 0 Å². The molecule has 32 valence electrons.